The fraction of sp³-hybridized carbons (Fsp3) is 0.0833. The highest BCUT2D eigenvalue weighted by atomic mass is 16.5. The summed E-state index contributed by atoms with van der Waals surface area (Å²) < 4.78 is 11.2. The number of ether oxygens (including phenoxy) is 1. The number of furan rings is 1. The minimum atomic E-state index is -0.682. The molecule has 7 heteroatoms. The third kappa shape index (κ3) is 3.57. The molecule has 31 heavy (non-hydrogen) atoms. The van der Waals surface area contributed by atoms with Crippen LogP contribution < -0.4 is 15.5 Å². The summed E-state index contributed by atoms with van der Waals surface area (Å²) in [4.78, 5) is 25.8. The van der Waals surface area contributed by atoms with E-state index in [1.54, 1.807) is 24.3 Å². The predicted octanol–water partition coefficient (Wildman–Crippen LogP) is 4.11. The standard InChI is InChI=1S/C24H19N3O4/c28-22(15-31-20-12-5-8-16-7-1-2-9-17(16)20)26-27-23(21-13-6-14-30-21)25-19-11-4-3-10-18(19)24(27)29/h1-14,23,25H,15H2,(H,26,28). The maximum atomic E-state index is 13.1. The third-order valence-electron chi connectivity index (χ3n) is 5.09. The van der Waals surface area contributed by atoms with Gasteiger partial charge in [-0.1, -0.05) is 48.5 Å². The second-order valence-corrected chi connectivity index (χ2v) is 7.08. The van der Waals surface area contributed by atoms with Crippen molar-refractivity contribution in [3.05, 3.63) is 96.4 Å². The van der Waals surface area contributed by atoms with Crippen molar-refractivity contribution in [1.29, 1.82) is 0 Å². The SMILES string of the molecule is O=C(COc1cccc2ccccc12)NN1C(=O)c2ccccc2NC1c1ccco1. The topological polar surface area (TPSA) is 83.8 Å². The van der Waals surface area contributed by atoms with E-state index in [0.29, 0.717) is 22.8 Å². The molecular weight excluding hydrogens is 394 g/mol. The molecule has 0 aliphatic carbocycles. The Morgan fingerprint density at radius 2 is 1.81 bits per heavy atom. The molecule has 2 N–H and O–H groups in total. The van der Waals surface area contributed by atoms with Crippen molar-refractivity contribution >= 4 is 28.3 Å². The maximum absolute atomic E-state index is 13.1. The minimum absolute atomic E-state index is 0.246. The van der Waals surface area contributed by atoms with Crippen molar-refractivity contribution in [3.63, 3.8) is 0 Å². The first-order valence-corrected chi connectivity index (χ1v) is 9.83. The van der Waals surface area contributed by atoms with Gasteiger partial charge >= 0.3 is 0 Å². The number of anilines is 1. The predicted molar refractivity (Wildman–Crippen MR) is 115 cm³/mol. The van der Waals surface area contributed by atoms with Crippen LogP contribution in [0.4, 0.5) is 5.69 Å². The normalized spacial score (nSPS) is 15.3. The molecule has 2 amide bonds. The van der Waals surface area contributed by atoms with E-state index in [1.165, 1.54) is 11.3 Å². The van der Waals surface area contributed by atoms with Gasteiger partial charge < -0.3 is 14.5 Å². The number of hydrazine groups is 1. The van der Waals surface area contributed by atoms with E-state index in [4.69, 9.17) is 9.15 Å². The van der Waals surface area contributed by atoms with E-state index >= 15 is 0 Å². The first-order valence-electron chi connectivity index (χ1n) is 9.83. The summed E-state index contributed by atoms with van der Waals surface area (Å²) in [5, 5.41) is 6.40. The van der Waals surface area contributed by atoms with E-state index in [-0.39, 0.29) is 12.5 Å². The molecule has 1 unspecified atom stereocenters. The number of fused-ring (bicyclic) bond motifs is 2. The van der Waals surface area contributed by atoms with Crippen LogP contribution in [0.5, 0.6) is 5.75 Å². The molecule has 2 heterocycles. The Labute approximate surface area is 178 Å². The molecule has 5 rings (SSSR count). The van der Waals surface area contributed by atoms with Crippen molar-refractivity contribution in [3.8, 4) is 5.75 Å². The quantitative estimate of drug-likeness (QED) is 0.514. The van der Waals surface area contributed by atoms with Crippen LogP contribution in [-0.4, -0.2) is 23.4 Å². The Morgan fingerprint density at radius 1 is 1.00 bits per heavy atom. The number of benzene rings is 3. The molecule has 3 aromatic carbocycles. The Bertz CT molecular complexity index is 1250. The highest BCUT2D eigenvalue weighted by molar-refractivity contribution is 6.02. The molecule has 0 spiro atoms. The average molecular weight is 413 g/mol. The summed E-state index contributed by atoms with van der Waals surface area (Å²) in [5.41, 5.74) is 3.80. The molecule has 0 saturated carbocycles. The van der Waals surface area contributed by atoms with E-state index in [9.17, 15) is 9.59 Å². The first kappa shape index (κ1) is 18.7. The molecule has 4 aromatic rings. The van der Waals surface area contributed by atoms with Crippen molar-refractivity contribution in [2.24, 2.45) is 0 Å². The number of hydrogen-bond acceptors (Lipinski definition) is 5. The summed E-state index contributed by atoms with van der Waals surface area (Å²) in [5.74, 6) is 0.302. The van der Waals surface area contributed by atoms with E-state index in [0.717, 1.165) is 10.8 Å². The Balaban J connectivity index is 1.36. The molecule has 1 atom stereocenters. The summed E-state index contributed by atoms with van der Waals surface area (Å²) in [6.07, 6.45) is 0.838. The van der Waals surface area contributed by atoms with E-state index in [1.807, 2.05) is 54.6 Å². The van der Waals surface area contributed by atoms with Crippen LogP contribution in [0.1, 0.15) is 22.3 Å². The Hall–Kier alpha value is -4.26. The average Bonchev–Trinajstić information content (AvgIpc) is 3.34. The van der Waals surface area contributed by atoms with Crippen LogP contribution in [0, 0.1) is 0 Å². The fourth-order valence-electron chi connectivity index (χ4n) is 3.65. The number of carbonyl (C=O) groups is 2. The molecule has 1 aliphatic heterocycles. The molecule has 0 radical (unpaired) electrons. The zero-order valence-electron chi connectivity index (χ0n) is 16.4. The third-order valence-corrected chi connectivity index (χ3v) is 5.09. The van der Waals surface area contributed by atoms with Crippen LogP contribution in [0.25, 0.3) is 10.8 Å². The number of carbonyl (C=O) groups excluding carboxylic acids is 2. The van der Waals surface area contributed by atoms with Crippen LogP contribution in [0.2, 0.25) is 0 Å². The van der Waals surface area contributed by atoms with Crippen molar-refractivity contribution in [2.75, 3.05) is 11.9 Å². The number of amides is 2. The van der Waals surface area contributed by atoms with Gasteiger partial charge in [-0.3, -0.25) is 15.0 Å². The van der Waals surface area contributed by atoms with Crippen molar-refractivity contribution in [1.82, 2.24) is 10.4 Å². The lowest BCUT2D eigenvalue weighted by atomic mass is 10.1. The van der Waals surface area contributed by atoms with Gasteiger partial charge in [0.1, 0.15) is 11.5 Å². The Kier molecular flexibility index (Phi) is 4.76. The van der Waals surface area contributed by atoms with Gasteiger partial charge in [0.15, 0.2) is 12.8 Å². The number of hydrogen-bond donors (Lipinski definition) is 2. The van der Waals surface area contributed by atoms with Crippen molar-refractivity contribution in [2.45, 2.75) is 6.17 Å². The largest absolute Gasteiger partial charge is 0.483 e. The van der Waals surface area contributed by atoms with Gasteiger partial charge in [0, 0.05) is 11.1 Å². The number of nitrogens with zero attached hydrogens (tertiary/aromatic N) is 1. The van der Waals surface area contributed by atoms with Gasteiger partial charge in [0.05, 0.1) is 11.8 Å². The maximum Gasteiger partial charge on any atom is 0.276 e. The van der Waals surface area contributed by atoms with Gasteiger partial charge in [-0.25, -0.2) is 5.01 Å². The van der Waals surface area contributed by atoms with Gasteiger partial charge in [0.2, 0.25) is 0 Å². The van der Waals surface area contributed by atoms with Crippen LogP contribution in [0.3, 0.4) is 0 Å². The van der Waals surface area contributed by atoms with Crippen molar-refractivity contribution < 1.29 is 18.7 Å². The lowest BCUT2D eigenvalue weighted by Crippen LogP contribution is -2.53. The lowest BCUT2D eigenvalue weighted by Gasteiger charge is -2.36. The zero-order valence-corrected chi connectivity index (χ0v) is 16.4. The van der Waals surface area contributed by atoms with E-state index in [2.05, 4.69) is 10.7 Å². The number of rotatable bonds is 5. The summed E-state index contributed by atoms with van der Waals surface area (Å²) in [6.45, 7) is -0.246. The zero-order chi connectivity index (χ0) is 21.2. The fourth-order valence-corrected chi connectivity index (χ4v) is 3.65. The summed E-state index contributed by atoms with van der Waals surface area (Å²) >= 11 is 0. The molecule has 0 saturated heterocycles. The number of nitrogens with one attached hydrogen (secondary N) is 2. The molecular formula is C24H19N3O4. The summed E-state index contributed by atoms with van der Waals surface area (Å²) in [6, 6.07) is 24.0. The highest BCUT2D eigenvalue weighted by Crippen LogP contribution is 2.32. The minimum Gasteiger partial charge on any atom is -0.483 e. The van der Waals surface area contributed by atoms with Gasteiger partial charge in [-0.15, -0.1) is 0 Å². The molecule has 1 aliphatic rings. The smallest absolute Gasteiger partial charge is 0.276 e. The van der Waals surface area contributed by atoms with Crippen LogP contribution in [0.15, 0.2) is 89.5 Å². The van der Waals surface area contributed by atoms with Crippen LogP contribution >= 0.6 is 0 Å². The summed E-state index contributed by atoms with van der Waals surface area (Å²) in [7, 11) is 0. The molecule has 1 aromatic heterocycles. The van der Waals surface area contributed by atoms with Gasteiger partial charge in [0.25, 0.3) is 11.8 Å². The lowest BCUT2D eigenvalue weighted by molar-refractivity contribution is -0.127. The molecule has 154 valence electrons. The Morgan fingerprint density at radius 3 is 2.68 bits per heavy atom. The van der Waals surface area contributed by atoms with Gasteiger partial charge in [-0.2, -0.15) is 0 Å². The molecule has 0 bridgehead atoms. The number of para-hydroxylation sites is 1. The molecule has 7 nitrogen and oxygen atoms in total. The van der Waals surface area contributed by atoms with Crippen LogP contribution in [-0.2, 0) is 4.79 Å². The second kappa shape index (κ2) is 7.87. The monoisotopic (exact) mass is 413 g/mol. The van der Waals surface area contributed by atoms with E-state index < -0.39 is 12.1 Å². The van der Waals surface area contributed by atoms with Gasteiger partial charge in [-0.05, 0) is 35.7 Å². The highest BCUT2D eigenvalue weighted by Gasteiger charge is 2.35. The second-order valence-electron chi connectivity index (χ2n) is 7.08. The first-order chi connectivity index (χ1) is 15.2. The molecule has 0 fully saturated rings.